The first kappa shape index (κ1) is 33.2. The summed E-state index contributed by atoms with van der Waals surface area (Å²) in [7, 11) is 0. The highest BCUT2D eigenvalue weighted by atomic mass is 14.9. The van der Waals surface area contributed by atoms with Gasteiger partial charge in [-0.05, 0) is 119 Å². The van der Waals surface area contributed by atoms with E-state index in [-0.39, 0.29) is 0 Å². The molecule has 4 aliphatic rings. The van der Waals surface area contributed by atoms with E-state index in [9.17, 15) is 0 Å². The minimum atomic E-state index is -0.457. The van der Waals surface area contributed by atoms with E-state index in [1.807, 2.05) is 0 Å². The molecule has 0 saturated carbocycles. The van der Waals surface area contributed by atoms with Gasteiger partial charge in [0.15, 0.2) is 5.82 Å². The number of fused-ring (bicyclic) bond motifs is 15. The van der Waals surface area contributed by atoms with Crippen LogP contribution >= 0.6 is 0 Å². The molecule has 2 atom stereocenters. The van der Waals surface area contributed by atoms with Gasteiger partial charge in [0.05, 0.1) is 16.8 Å². The Morgan fingerprint density at radius 1 is 0.426 bits per heavy atom. The molecule has 2 nitrogen and oxygen atoms in total. The summed E-state index contributed by atoms with van der Waals surface area (Å²) < 4.78 is 0. The molecule has 1 heterocycles. The molecule has 0 bridgehead atoms. The van der Waals surface area contributed by atoms with Gasteiger partial charge in [0.2, 0.25) is 0 Å². The Bertz CT molecular complexity index is 3540. The topological polar surface area (TPSA) is 25.8 Å². The fourth-order valence-corrected chi connectivity index (χ4v) is 11.7. The first-order chi connectivity index (χ1) is 30.2. The van der Waals surface area contributed by atoms with Crippen LogP contribution in [-0.2, 0) is 5.41 Å². The van der Waals surface area contributed by atoms with Gasteiger partial charge in [-0.1, -0.05) is 176 Å². The van der Waals surface area contributed by atoms with Crippen LogP contribution in [0.25, 0.3) is 99.6 Å². The molecule has 4 aliphatic carbocycles. The summed E-state index contributed by atoms with van der Waals surface area (Å²) in [6.07, 6.45) is 8.06. The average Bonchev–Trinajstić information content (AvgIpc) is 3.93. The molecule has 2 heteroatoms. The fourth-order valence-electron chi connectivity index (χ4n) is 11.7. The quantitative estimate of drug-likeness (QED) is 0.179. The van der Waals surface area contributed by atoms with Crippen molar-refractivity contribution in [3.05, 3.63) is 228 Å². The minimum absolute atomic E-state index is 0.310. The molecule has 0 amide bonds. The van der Waals surface area contributed by atoms with Crippen LogP contribution in [0.4, 0.5) is 0 Å². The van der Waals surface area contributed by atoms with E-state index in [2.05, 4.69) is 200 Å². The Morgan fingerprint density at radius 3 is 1.77 bits per heavy atom. The Labute approximate surface area is 353 Å². The lowest BCUT2D eigenvalue weighted by Crippen LogP contribution is -2.27. The van der Waals surface area contributed by atoms with Crippen LogP contribution in [0.2, 0.25) is 0 Å². The predicted octanol–water partition coefficient (Wildman–Crippen LogP) is 14.9. The molecule has 14 rings (SSSR count). The predicted molar refractivity (Wildman–Crippen MR) is 252 cm³/mol. The maximum absolute atomic E-state index is 5.73. The summed E-state index contributed by atoms with van der Waals surface area (Å²) in [5, 5.41) is 7.36. The Balaban J connectivity index is 1.15. The second-order valence-electron chi connectivity index (χ2n) is 17.1. The van der Waals surface area contributed by atoms with E-state index >= 15 is 0 Å². The standard InChI is InChI=1S/C59H36N2/c1-3-15-38-31-40(29-27-35(38)13-1)52-34-53(41-30-28-36-14-2-4-16-39(36)32-41)61-58(60-52)57-55-46-23-12-18-37-17-11-22-44(54(37)46)47(55)33-51-56(57)45-21-7-10-26-50(45)59(51)48-24-8-5-19-42(48)43-20-6-9-25-49(43)59/h1-19,21-34,43H,20H2. The van der Waals surface area contributed by atoms with Crippen molar-refractivity contribution in [2.75, 3.05) is 0 Å². The van der Waals surface area contributed by atoms with Crippen LogP contribution < -0.4 is 0 Å². The molecule has 2 unspecified atom stereocenters. The number of allylic oxidation sites excluding steroid dienone is 4. The van der Waals surface area contributed by atoms with Gasteiger partial charge < -0.3 is 0 Å². The van der Waals surface area contributed by atoms with Crippen LogP contribution in [0.3, 0.4) is 0 Å². The average molecular weight is 773 g/mol. The van der Waals surface area contributed by atoms with E-state index in [4.69, 9.17) is 9.97 Å². The third kappa shape index (κ3) is 4.41. The van der Waals surface area contributed by atoms with Gasteiger partial charge >= 0.3 is 0 Å². The molecule has 0 saturated heterocycles. The number of benzene rings is 9. The smallest absolute Gasteiger partial charge is 0.161 e. The van der Waals surface area contributed by atoms with Crippen LogP contribution in [0.5, 0.6) is 0 Å². The van der Waals surface area contributed by atoms with E-state index in [1.165, 1.54) is 93.5 Å². The van der Waals surface area contributed by atoms with Crippen LogP contribution in [0.1, 0.15) is 34.6 Å². The number of hydrogen-bond acceptors (Lipinski definition) is 2. The van der Waals surface area contributed by atoms with Gasteiger partial charge in [0.25, 0.3) is 0 Å². The molecule has 0 aliphatic heterocycles. The highest BCUT2D eigenvalue weighted by Gasteiger charge is 2.56. The molecule has 0 fully saturated rings. The summed E-state index contributed by atoms with van der Waals surface area (Å²) in [5.74, 6) is 1.06. The van der Waals surface area contributed by atoms with Gasteiger partial charge in [0.1, 0.15) is 0 Å². The Morgan fingerprint density at radius 2 is 1.03 bits per heavy atom. The van der Waals surface area contributed by atoms with E-state index in [1.54, 1.807) is 0 Å². The Kier molecular flexibility index (Phi) is 6.63. The summed E-state index contributed by atoms with van der Waals surface area (Å²) in [6, 6.07) is 67.4. The van der Waals surface area contributed by atoms with Crippen molar-refractivity contribution < 1.29 is 0 Å². The third-order valence-electron chi connectivity index (χ3n) is 14.2. The molecule has 1 spiro atoms. The highest BCUT2D eigenvalue weighted by Crippen LogP contribution is 2.68. The van der Waals surface area contributed by atoms with Crippen molar-refractivity contribution in [2.45, 2.75) is 17.8 Å². The number of rotatable bonds is 3. The van der Waals surface area contributed by atoms with Crippen molar-refractivity contribution in [1.29, 1.82) is 0 Å². The lowest BCUT2D eigenvalue weighted by molar-refractivity contribution is 0.708. The SMILES string of the molecule is C1=CCC2C(=C1)C1(c3ccccc3-c3c1cc1c(c3-c3nc(-c4ccc5ccccc5c4)cc(-c4ccc5ccccc5c4)n3)-c3cccc4cccc-1c34)c1ccccc12. The first-order valence-electron chi connectivity index (χ1n) is 21.4. The van der Waals surface area contributed by atoms with Crippen molar-refractivity contribution in [3.8, 4) is 67.3 Å². The third-order valence-corrected chi connectivity index (χ3v) is 14.2. The number of hydrogen-bond donors (Lipinski definition) is 0. The molecule has 9 aromatic carbocycles. The molecular weight excluding hydrogens is 737 g/mol. The normalized spacial score (nSPS) is 17.4. The van der Waals surface area contributed by atoms with Crippen molar-refractivity contribution in [3.63, 3.8) is 0 Å². The van der Waals surface area contributed by atoms with Crippen molar-refractivity contribution in [1.82, 2.24) is 9.97 Å². The highest BCUT2D eigenvalue weighted by molar-refractivity contribution is 6.20. The Hall–Kier alpha value is -7.68. The molecule has 0 radical (unpaired) electrons. The van der Waals surface area contributed by atoms with E-state index < -0.39 is 5.41 Å². The van der Waals surface area contributed by atoms with E-state index in [0.717, 1.165) is 40.3 Å². The van der Waals surface area contributed by atoms with E-state index in [0.29, 0.717) is 5.92 Å². The summed E-state index contributed by atoms with van der Waals surface area (Å²) in [4.78, 5) is 11.5. The molecular formula is C59H36N2. The summed E-state index contributed by atoms with van der Waals surface area (Å²) in [5.41, 5.74) is 19.1. The molecule has 282 valence electrons. The first-order valence-corrected chi connectivity index (χ1v) is 21.4. The second kappa shape index (κ2) is 12.2. The van der Waals surface area contributed by atoms with Crippen LogP contribution in [0, 0.1) is 0 Å². The number of nitrogens with zero attached hydrogens (tertiary/aromatic N) is 2. The van der Waals surface area contributed by atoms with Gasteiger partial charge in [-0.15, -0.1) is 0 Å². The van der Waals surface area contributed by atoms with Crippen molar-refractivity contribution >= 4 is 32.3 Å². The maximum atomic E-state index is 5.73. The zero-order chi connectivity index (χ0) is 39.8. The zero-order valence-electron chi connectivity index (χ0n) is 33.2. The van der Waals surface area contributed by atoms with Crippen LogP contribution in [0.15, 0.2) is 206 Å². The molecule has 61 heavy (non-hydrogen) atoms. The second-order valence-corrected chi connectivity index (χ2v) is 17.1. The monoisotopic (exact) mass is 772 g/mol. The summed E-state index contributed by atoms with van der Waals surface area (Å²) >= 11 is 0. The van der Waals surface area contributed by atoms with Gasteiger partial charge in [0, 0.05) is 28.2 Å². The maximum Gasteiger partial charge on any atom is 0.161 e. The minimum Gasteiger partial charge on any atom is -0.228 e. The molecule has 1 aromatic heterocycles. The zero-order valence-corrected chi connectivity index (χ0v) is 33.2. The van der Waals surface area contributed by atoms with Crippen molar-refractivity contribution in [2.24, 2.45) is 0 Å². The molecule has 10 aromatic rings. The van der Waals surface area contributed by atoms with Gasteiger partial charge in [-0.3, -0.25) is 0 Å². The lowest BCUT2D eigenvalue weighted by atomic mass is 9.68. The van der Waals surface area contributed by atoms with Crippen LogP contribution in [-0.4, -0.2) is 9.97 Å². The largest absolute Gasteiger partial charge is 0.228 e. The molecule has 0 N–H and O–H groups in total. The van der Waals surface area contributed by atoms with Gasteiger partial charge in [-0.2, -0.15) is 0 Å². The fraction of sp³-hybridized carbons (Fsp3) is 0.0508. The van der Waals surface area contributed by atoms with Gasteiger partial charge in [-0.25, -0.2) is 9.97 Å². The summed E-state index contributed by atoms with van der Waals surface area (Å²) in [6.45, 7) is 0. The number of aromatic nitrogens is 2. The lowest BCUT2D eigenvalue weighted by Gasteiger charge is -2.33.